The van der Waals surface area contributed by atoms with E-state index in [9.17, 15) is 40.3 Å². The number of unbranched alkanes of at least 4 members (excludes halogenated alkanes) is 1. The molecule has 1 fully saturated rings. The van der Waals surface area contributed by atoms with Crippen molar-refractivity contribution in [2.45, 2.75) is 77.1 Å². The van der Waals surface area contributed by atoms with Crippen molar-refractivity contribution >= 4 is 11.9 Å². The Hall–Kier alpha value is -2.33. The highest BCUT2D eigenvalue weighted by molar-refractivity contribution is 5.88. The number of benzene rings is 1. The van der Waals surface area contributed by atoms with Gasteiger partial charge in [0.2, 0.25) is 0 Å². The van der Waals surface area contributed by atoms with E-state index in [1.54, 1.807) is 20.8 Å². The molecule has 1 aromatic carbocycles. The normalized spacial score (nSPS) is 17.1. The summed E-state index contributed by atoms with van der Waals surface area (Å²) in [7, 11) is 0. The summed E-state index contributed by atoms with van der Waals surface area (Å²) < 4.78 is 98.4. The molecule has 11 heteroatoms. The van der Waals surface area contributed by atoms with Gasteiger partial charge in [0, 0.05) is 18.5 Å². The van der Waals surface area contributed by atoms with Gasteiger partial charge >= 0.3 is 12.3 Å². The first-order chi connectivity index (χ1) is 14.6. The number of hydrogen-bond donors (Lipinski definition) is 0. The Morgan fingerprint density at radius 1 is 0.969 bits per heavy atom. The largest absolute Gasteiger partial charge is 0.444 e. The van der Waals surface area contributed by atoms with Crippen LogP contribution in [0.15, 0.2) is 0 Å². The molecule has 180 valence electrons. The van der Waals surface area contributed by atoms with Gasteiger partial charge in [0.25, 0.3) is 0 Å². The minimum absolute atomic E-state index is 0.0562. The lowest BCUT2D eigenvalue weighted by molar-refractivity contribution is -0.143. The molecule has 2 rings (SSSR count). The first kappa shape index (κ1) is 25.9. The van der Waals surface area contributed by atoms with E-state index in [1.165, 1.54) is 4.90 Å². The summed E-state index contributed by atoms with van der Waals surface area (Å²) in [5.74, 6) is -9.51. The minimum Gasteiger partial charge on any atom is -0.444 e. The Balaban J connectivity index is 1.99. The van der Waals surface area contributed by atoms with Gasteiger partial charge in [-0.05, 0) is 52.9 Å². The molecule has 1 atom stereocenters. The van der Waals surface area contributed by atoms with Crippen molar-refractivity contribution < 1.29 is 45.1 Å². The van der Waals surface area contributed by atoms with Crippen LogP contribution in [0.25, 0.3) is 0 Å². The summed E-state index contributed by atoms with van der Waals surface area (Å²) in [4.78, 5) is 26.0. The van der Waals surface area contributed by atoms with E-state index in [4.69, 9.17) is 4.74 Å². The molecule has 0 unspecified atom stereocenters. The number of nitrogens with zero attached hydrogens (tertiary/aromatic N) is 1. The van der Waals surface area contributed by atoms with Gasteiger partial charge in [0.1, 0.15) is 11.2 Å². The maximum atomic E-state index is 13.9. The Labute approximate surface area is 180 Å². The summed E-state index contributed by atoms with van der Waals surface area (Å²) in [6.45, 7) is 5.39. The summed E-state index contributed by atoms with van der Waals surface area (Å²) >= 11 is 0. The average Bonchev–Trinajstić information content (AvgIpc) is 3.13. The number of carbonyl (C=O) groups excluding carboxylic acids is 2. The van der Waals surface area contributed by atoms with Gasteiger partial charge in [0.15, 0.2) is 29.1 Å². The highest BCUT2D eigenvalue weighted by Gasteiger charge is 2.42. The SMILES string of the molecule is CC(C)(C)OC(=O)N1CCC[C@H]1C(=O)CCCCc1c(F)c(F)c(C(F)(F)F)c(F)c1F. The molecular weight excluding hydrogens is 447 g/mol. The number of likely N-dealkylation sites (tertiary alicyclic amines) is 1. The molecule has 1 aliphatic rings. The molecule has 1 amide bonds. The third-order valence-electron chi connectivity index (χ3n) is 4.99. The highest BCUT2D eigenvalue weighted by atomic mass is 19.4. The zero-order valence-corrected chi connectivity index (χ0v) is 17.8. The molecule has 4 nitrogen and oxygen atoms in total. The van der Waals surface area contributed by atoms with Gasteiger partial charge in [-0.25, -0.2) is 22.4 Å². The molecule has 0 aromatic heterocycles. The minimum atomic E-state index is -5.60. The Bertz CT molecular complexity index is 849. The van der Waals surface area contributed by atoms with Crippen LogP contribution in [-0.2, 0) is 22.1 Å². The second kappa shape index (κ2) is 9.66. The molecule has 1 aromatic rings. The maximum Gasteiger partial charge on any atom is 0.422 e. The molecular formula is C21H24F7NO3. The molecule has 0 N–H and O–H groups in total. The van der Waals surface area contributed by atoms with Gasteiger partial charge in [0.05, 0.1) is 6.04 Å². The number of alkyl halides is 3. The number of amides is 1. The van der Waals surface area contributed by atoms with Gasteiger partial charge in [-0.3, -0.25) is 9.69 Å². The fourth-order valence-electron chi connectivity index (χ4n) is 3.55. The number of carbonyl (C=O) groups is 2. The van der Waals surface area contributed by atoms with Crippen LogP contribution in [0.3, 0.4) is 0 Å². The summed E-state index contributed by atoms with van der Waals surface area (Å²) in [6, 6.07) is -0.709. The van der Waals surface area contributed by atoms with E-state index in [0.29, 0.717) is 19.4 Å². The summed E-state index contributed by atoms with van der Waals surface area (Å²) in [5.41, 5.74) is -4.50. The number of rotatable bonds is 6. The van der Waals surface area contributed by atoms with E-state index < -0.39 is 64.7 Å². The van der Waals surface area contributed by atoms with Gasteiger partial charge in [-0.15, -0.1) is 0 Å². The summed E-state index contributed by atoms with van der Waals surface area (Å²) in [5, 5.41) is 0. The monoisotopic (exact) mass is 471 g/mol. The van der Waals surface area contributed by atoms with Crippen LogP contribution in [0.4, 0.5) is 35.5 Å². The molecule has 0 radical (unpaired) electrons. The first-order valence-corrected chi connectivity index (χ1v) is 10.1. The Morgan fingerprint density at radius 3 is 2.03 bits per heavy atom. The van der Waals surface area contributed by atoms with E-state index in [-0.39, 0.29) is 25.0 Å². The Morgan fingerprint density at radius 2 is 1.53 bits per heavy atom. The van der Waals surface area contributed by atoms with Crippen molar-refractivity contribution in [2.24, 2.45) is 0 Å². The van der Waals surface area contributed by atoms with Crippen molar-refractivity contribution in [1.82, 2.24) is 4.90 Å². The standard InChI is InChI=1S/C21H24F7NO3/c1-20(2,3)32-19(31)29-10-6-8-12(29)13(30)9-5-4-7-11-15(22)17(24)14(21(26,27)28)18(25)16(11)23/h12H,4-10H2,1-3H3/t12-/m0/s1. The van der Waals surface area contributed by atoms with Gasteiger partial charge < -0.3 is 4.74 Å². The van der Waals surface area contributed by atoms with Crippen LogP contribution in [0.2, 0.25) is 0 Å². The number of halogens is 7. The molecule has 1 saturated heterocycles. The summed E-state index contributed by atoms with van der Waals surface area (Å²) in [6.07, 6.45) is -5.94. The van der Waals surface area contributed by atoms with E-state index in [1.807, 2.05) is 0 Å². The fraction of sp³-hybridized carbons (Fsp3) is 0.619. The second-order valence-electron chi connectivity index (χ2n) is 8.61. The number of ketones is 1. The smallest absolute Gasteiger partial charge is 0.422 e. The van der Waals surface area contributed by atoms with Crippen molar-refractivity contribution in [2.75, 3.05) is 6.54 Å². The lowest BCUT2D eigenvalue weighted by atomic mass is 9.99. The molecule has 0 saturated carbocycles. The third kappa shape index (κ3) is 5.92. The van der Waals surface area contributed by atoms with E-state index in [2.05, 4.69) is 0 Å². The number of Topliss-reactive ketones (excluding diaryl/α,β-unsaturated/α-hetero) is 1. The molecule has 32 heavy (non-hydrogen) atoms. The molecule has 1 heterocycles. The zero-order chi connectivity index (χ0) is 24.4. The van der Waals surface area contributed by atoms with Crippen LogP contribution in [0.1, 0.15) is 64.0 Å². The number of ether oxygens (including phenoxy) is 1. The van der Waals surface area contributed by atoms with Crippen LogP contribution in [0, 0.1) is 23.3 Å². The van der Waals surface area contributed by atoms with Crippen molar-refractivity contribution in [1.29, 1.82) is 0 Å². The van der Waals surface area contributed by atoms with Crippen LogP contribution >= 0.6 is 0 Å². The van der Waals surface area contributed by atoms with Crippen LogP contribution < -0.4 is 0 Å². The number of hydrogen-bond acceptors (Lipinski definition) is 3. The van der Waals surface area contributed by atoms with Gasteiger partial charge in [-0.2, -0.15) is 13.2 Å². The van der Waals surface area contributed by atoms with Crippen molar-refractivity contribution in [3.8, 4) is 0 Å². The topological polar surface area (TPSA) is 46.6 Å². The lowest BCUT2D eigenvalue weighted by Gasteiger charge is -2.28. The first-order valence-electron chi connectivity index (χ1n) is 10.1. The molecule has 1 aliphatic heterocycles. The molecule has 0 spiro atoms. The second-order valence-corrected chi connectivity index (χ2v) is 8.61. The molecule has 0 aliphatic carbocycles. The lowest BCUT2D eigenvalue weighted by Crippen LogP contribution is -2.43. The van der Waals surface area contributed by atoms with E-state index >= 15 is 0 Å². The Kier molecular flexibility index (Phi) is 7.83. The third-order valence-corrected chi connectivity index (χ3v) is 4.99. The van der Waals surface area contributed by atoms with Gasteiger partial charge in [-0.1, -0.05) is 0 Å². The predicted molar refractivity (Wildman–Crippen MR) is 99.8 cm³/mol. The zero-order valence-electron chi connectivity index (χ0n) is 17.8. The van der Waals surface area contributed by atoms with Crippen LogP contribution in [-0.4, -0.2) is 35.0 Å². The van der Waals surface area contributed by atoms with Crippen molar-refractivity contribution in [3.05, 3.63) is 34.4 Å². The van der Waals surface area contributed by atoms with Crippen molar-refractivity contribution in [3.63, 3.8) is 0 Å². The predicted octanol–water partition coefficient (Wildman–Crippen LogP) is 5.94. The average molecular weight is 471 g/mol. The van der Waals surface area contributed by atoms with E-state index in [0.717, 1.165) is 0 Å². The quantitative estimate of drug-likeness (QED) is 0.293. The maximum absolute atomic E-state index is 13.9. The van der Waals surface area contributed by atoms with Crippen LogP contribution in [0.5, 0.6) is 0 Å². The highest BCUT2D eigenvalue weighted by Crippen LogP contribution is 2.37. The fourth-order valence-corrected chi connectivity index (χ4v) is 3.55. The molecule has 0 bridgehead atoms.